The summed E-state index contributed by atoms with van der Waals surface area (Å²) in [4.78, 5) is 16.6. The Labute approximate surface area is 135 Å². The quantitative estimate of drug-likeness (QED) is 0.659. The summed E-state index contributed by atoms with van der Waals surface area (Å²) in [7, 11) is 0. The van der Waals surface area contributed by atoms with Crippen molar-refractivity contribution in [1.29, 1.82) is 0 Å². The first kappa shape index (κ1) is 16.4. The van der Waals surface area contributed by atoms with Crippen LogP contribution in [0.25, 0.3) is 0 Å². The molecule has 0 radical (unpaired) electrons. The summed E-state index contributed by atoms with van der Waals surface area (Å²) in [5.41, 5.74) is 1.38. The Morgan fingerprint density at radius 3 is 2.86 bits per heavy atom. The van der Waals surface area contributed by atoms with Gasteiger partial charge in [0.15, 0.2) is 5.11 Å². The van der Waals surface area contributed by atoms with Gasteiger partial charge in [-0.05, 0) is 42.8 Å². The maximum atomic E-state index is 12.4. The Bertz CT molecular complexity index is 613. The highest BCUT2D eigenvalue weighted by Crippen LogP contribution is 2.29. The maximum Gasteiger partial charge on any atom is 0.317 e. The summed E-state index contributed by atoms with van der Waals surface area (Å²) in [5, 5.41) is 13.0. The molecule has 0 saturated carbocycles. The third-order valence-corrected chi connectivity index (χ3v) is 3.59. The molecule has 2 unspecified atom stereocenters. The van der Waals surface area contributed by atoms with E-state index < -0.39 is 12.0 Å². The van der Waals surface area contributed by atoms with Crippen molar-refractivity contribution in [3.05, 3.63) is 29.8 Å². The summed E-state index contributed by atoms with van der Waals surface area (Å²) in [6.07, 6.45) is 0. The van der Waals surface area contributed by atoms with Crippen LogP contribution in [0.1, 0.15) is 32.4 Å². The number of esters is 1. The lowest BCUT2D eigenvalue weighted by Gasteiger charge is -2.31. The van der Waals surface area contributed by atoms with E-state index in [1.807, 2.05) is 19.9 Å². The van der Waals surface area contributed by atoms with Gasteiger partial charge in [-0.1, -0.05) is 26.0 Å². The molecule has 2 atom stereocenters. The number of hydrogen-bond acceptors (Lipinski definition) is 4. The number of thiocarbonyl (C=S) groups is 1. The second-order valence-electron chi connectivity index (χ2n) is 5.78. The fourth-order valence-electron chi connectivity index (χ4n) is 2.36. The van der Waals surface area contributed by atoms with Gasteiger partial charge in [0.1, 0.15) is 11.7 Å². The predicted octanol–water partition coefficient (Wildman–Crippen LogP) is 2.60. The van der Waals surface area contributed by atoms with Crippen LogP contribution in [0.15, 0.2) is 29.3 Å². The molecule has 22 heavy (non-hydrogen) atoms. The monoisotopic (exact) mass is 320 g/mol. The third-order valence-electron chi connectivity index (χ3n) is 3.38. The molecule has 118 valence electrons. The molecule has 0 amide bonds. The molecule has 1 heterocycles. The van der Waals surface area contributed by atoms with Crippen molar-refractivity contribution in [2.24, 2.45) is 16.8 Å². The number of aromatic hydroxyl groups is 1. The second kappa shape index (κ2) is 6.87. The lowest BCUT2D eigenvalue weighted by Crippen LogP contribution is -2.44. The Kier molecular flexibility index (Phi) is 5.13. The van der Waals surface area contributed by atoms with Crippen molar-refractivity contribution in [3.63, 3.8) is 0 Å². The van der Waals surface area contributed by atoms with Crippen LogP contribution in [0.4, 0.5) is 0 Å². The van der Waals surface area contributed by atoms with Crippen molar-refractivity contribution >= 4 is 29.0 Å². The Balaban J connectivity index is 2.30. The predicted molar refractivity (Wildman–Crippen MR) is 89.0 cm³/mol. The van der Waals surface area contributed by atoms with E-state index in [2.05, 4.69) is 10.3 Å². The molecule has 1 aliphatic heterocycles. The minimum absolute atomic E-state index is 0.139. The van der Waals surface area contributed by atoms with E-state index in [4.69, 9.17) is 17.0 Å². The normalized spacial score (nSPS) is 21.3. The van der Waals surface area contributed by atoms with Crippen molar-refractivity contribution < 1.29 is 14.6 Å². The first-order valence-electron chi connectivity index (χ1n) is 7.19. The second-order valence-corrected chi connectivity index (χ2v) is 6.16. The number of phenolic OH excluding ortho intramolecular Hbond substituents is 1. The lowest BCUT2D eigenvalue weighted by atomic mass is 9.88. The number of carbonyl (C=O) groups is 1. The minimum Gasteiger partial charge on any atom is -0.508 e. The number of nitrogens with one attached hydrogen (secondary N) is 1. The van der Waals surface area contributed by atoms with Gasteiger partial charge in [0.2, 0.25) is 0 Å². The zero-order valence-electron chi connectivity index (χ0n) is 12.9. The van der Waals surface area contributed by atoms with Crippen LogP contribution >= 0.6 is 12.2 Å². The minimum atomic E-state index is -0.563. The standard InChI is InChI=1S/C16H20N2O3S/c1-9(2)8-21-15(20)13-10(3)17-16(22)18-14(13)11-5-4-6-12(19)7-11/h4-7,9,13-14,19H,8H2,1-3H3,(H,18,22). The summed E-state index contributed by atoms with van der Waals surface area (Å²) >= 11 is 5.13. The lowest BCUT2D eigenvalue weighted by molar-refractivity contribution is -0.148. The van der Waals surface area contributed by atoms with Crippen LogP contribution in [0, 0.1) is 11.8 Å². The molecular formula is C16H20N2O3S. The maximum absolute atomic E-state index is 12.4. The van der Waals surface area contributed by atoms with Gasteiger partial charge in [-0.15, -0.1) is 0 Å². The first-order chi connectivity index (χ1) is 10.4. The van der Waals surface area contributed by atoms with Crippen LogP contribution in [0.2, 0.25) is 0 Å². The van der Waals surface area contributed by atoms with Gasteiger partial charge < -0.3 is 15.2 Å². The van der Waals surface area contributed by atoms with Crippen molar-refractivity contribution in [1.82, 2.24) is 5.32 Å². The van der Waals surface area contributed by atoms with Crippen LogP contribution in [-0.4, -0.2) is 28.5 Å². The number of phenols is 1. The summed E-state index contributed by atoms with van der Waals surface area (Å²) in [6, 6.07) is 6.37. The van der Waals surface area contributed by atoms with Crippen molar-refractivity contribution in [2.75, 3.05) is 6.61 Å². The highest BCUT2D eigenvalue weighted by molar-refractivity contribution is 7.80. The molecule has 0 bridgehead atoms. The number of hydrogen-bond donors (Lipinski definition) is 2. The average Bonchev–Trinajstić information content (AvgIpc) is 2.44. The molecule has 0 saturated heterocycles. The van der Waals surface area contributed by atoms with Crippen LogP contribution in [0.5, 0.6) is 5.75 Å². The van der Waals surface area contributed by atoms with Crippen LogP contribution in [-0.2, 0) is 9.53 Å². The molecule has 1 aromatic rings. The highest BCUT2D eigenvalue weighted by atomic mass is 32.1. The SMILES string of the molecule is CC1=NC(=S)NC(c2cccc(O)c2)C1C(=O)OCC(C)C. The third kappa shape index (κ3) is 3.82. The summed E-state index contributed by atoms with van der Waals surface area (Å²) < 4.78 is 5.37. The summed E-state index contributed by atoms with van der Waals surface area (Å²) in [6.45, 7) is 6.09. The van der Waals surface area contributed by atoms with Crippen molar-refractivity contribution in [3.8, 4) is 5.75 Å². The molecule has 6 heteroatoms. The Hall–Kier alpha value is -1.95. The molecular weight excluding hydrogens is 300 g/mol. The van der Waals surface area contributed by atoms with Gasteiger partial charge in [0.05, 0.1) is 12.6 Å². The van der Waals surface area contributed by atoms with Gasteiger partial charge in [-0.3, -0.25) is 4.79 Å². The van der Waals surface area contributed by atoms with E-state index in [1.165, 1.54) is 0 Å². The number of carbonyl (C=O) groups excluding carboxylic acids is 1. The molecule has 0 fully saturated rings. The van der Waals surface area contributed by atoms with E-state index in [9.17, 15) is 9.90 Å². The van der Waals surface area contributed by atoms with Gasteiger partial charge in [0.25, 0.3) is 0 Å². The van der Waals surface area contributed by atoms with E-state index in [-0.39, 0.29) is 17.6 Å². The topological polar surface area (TPSA) is 70.9 Å². The number of ether oxygens (including phenoxy) is 1. The van der Waals surface area contributed by atoms with E-state index in [0.29, 0.717) is 17.4 Å². The molecule has 5 nitrogen and oxygen atoms in total. The molecule has 1 aromatic carbocycles. The molecule has 2 rings (SSSR count). The Morgan fingerprint density at radius 1 is 1.50 bits per heavy atom. The van der Waals surface area contributed by atoms with Gasteiger partial charge in [0, 0.05) is 5.71 Å². The fraction of sp³-hybridized carbons (Fsp3) is 0.438. The largest absolute Gasteiger partial charge is 0.508 e. The zero-order chi connectivity index (χ0) is 16.3. The smallest absolute Gasteiger partial charge is 0.317 e. The van der Waals surface area contributed by atoms with E-state index in [0.717, 1.165) is 5.56 Å². The fourth-order valence-corrected chi connectivity index (χ4v) is 2.63. The molecule has 0 aromatic heterocycles. The number of rotatable bonds is 4. The Morgan fingerprint density at radius 2 is 2.23 bits per heavy atom. The van der Waals surface area contributed by atoms with E-state index >= 15 is 0 Å². The number of nitrogens with zero attached hydrogens (tertiary/aromatic N) is 1. The molecule has 0 aliphatic carbocycles. The average molecular weight is 320 g/mol. The first-order valence-corrected chi connectivity index (χ1v) is 7.60. The molecule has 0 spiro atoms. The van der Waals surface area contributed by atoms with Gasteiger partial charge in [-0.25, -0.2) is 4.99 Å². The van der Waals surface area contributed by atoms with Gasteiger partial charge >= 0.3 is 5.97 Å². The number of aliphatic imine (C=N–C) groups is 1. The zero-order valence-corrected chi connectivity index (χ0v) is 13.7. The molecule has 1 aliphatic rings. The van der Waals surface area contributed by atoms with Crippen LogP contribution in [0.3, 0.4) is 0 Å². The number of benzene rings is 1. The van der Waals surface area contributed by atoms with Crippen LogP contribution < -0.4 is 5.32 Å². The van der Waals surface area contributed by atoms with E-state index in [1.54, 1.807) is 25.1 Å². The molecule has 2 N–H and O–H groups in total. The highest BCUT2D eigenvalue weighted by Gasteiger charge is 2.37. The summed E-state index contributed by atoms with van der Waals surface area (Å²) in [5.74, 6) is -0.497. The van der Waals surface area contributed by atoms with Gasteiger partial charge in [-0.2, -0.15) is 0 Å². The van der Waals surface area contributed by atoms with Crippen molar-refractivity contribution in [2.45, 2.75) is 26.8 Å².